The van der Waals surface area contributed by atoms with Crippen molar-refractivity contribution in [1.82, 2.24) is 0 Å². The maximum absolute atomic E-state index is 10.9. The first kappa shape index (κ1) is 9.25. The molecular formula is C9H8O4. The van der Waals surface area contributed by atoms with Crippen molar-refractivity contribution in [2.45, 2.75) is 0 Å². The first-order valence-electron chi connectivity index (χ1n) is 3.58. The molecule has 0 unspecified atom stereocenters. The van der Waals surface area contributed by atoms with Crippen molar-refractivity contribution in [3.05, 3.63) is 29.7 Å². The SMILES string of the molecule is COC(=O)c1ccc(C=CC=O)o1. The lowest BCUT2D eigenvalue weighted by atomic mass is 10.4. The van der Waals surface area contributed by atoms with Crippen LogP contribution in [0.15, 0.2) is 22.6 Å². The first-order valence-corrected chi connectivity index (χ1v) is 3.58. The van der Waals surface area contributed by atoms with Crippen LogP contribution >= 0.6 is 0 Å². The van der Waals surface area contributed by atoms with Gasteiger partial charge in [0.2, 0.25) is 5.76 Å². The molecule has 0 saturated heterocycles. The number of esters is 1. The molecule has 1 aromatic heterocycles. The van der Waals surface area contributed by atoms with Gasteiger partial charge in [0.1, 0.15) is 12.0 Å². The molecule has 0 radical (unpaired) electrons. The minimum absolute atomic E-state index is 0.119. The van der Waals surface area contributed by atoms with Crippen molar-refractivity contribution in [3.8, 4) is 0 Å². The summed E-state index contributed by atoms with van der Waals surface area (Å²) in [5.41, 5.74) is 0. The van der Waals surface area contributed by atoms with Crippen LogP contribution in [0.3, 0.4) is 0 Å². The van der Waals surface area contributed by atoms with Crippen molar-refractivity contribution in [1.29, 1.82) is 0 Å². The number of allylic oxidation sites excluding steroid dienone is 1. The smallest absolute Gasteiger partial charge is 0.373 e. The van der Waals surface area contributed by atoms with Crippen LogP contribution in [0.1, 0.15) is 16.3 Å². The van der Waals surface area contributed by atoms with E-state index >= 15 is 0 Å². The van der Waals surface area contributed by atoms with Gasteiger partial charge in [0.05, 0.1) is 7.11 Å². The summed E-state index contributed by atoms with van der Waals surface area (Å²) < 4.78 is 9.45. The second kappa shape index (κ2) is 4.25. The fourth-order valence-electron chi connectivity index (χ4n) is 0.787. The number of furan rings is 1. The summed E-state index contributed by atoms with van der Waals surface area (Å²) in [4.78, 5) is 20.8. The first-order chi connectivity index (χ1) is 6.27. The zero-order valence-electron chi connectivity index (χ0n) is 7.02. The molecule has 0 saturated carbocycles. The van der Waals surface area contributed by atoms with E-state index in [1.807, 2.05) is 0 Å². The minimum atomic E-state index is -0.536. The van der Waals surface area contributed by atoms with E-state index in [0.29, 0.717) is 12.0 Å². The van der Waals surface area contributed by atoms with Crippen LogP contribution in [0, 0.1) is 0 Å². The molecule has 0 aliphatic heterocycles. The predicted molar refractivity (Wildman–Crippen MR) is 45.1 cm³/mol. The highest BCUT2D eigenvalue weighted by Crippen LogP contribution is 2.09. The second-order valence-electron chi connectivity index (χ2n) is 2.19. The zero-order valence-corrected chi connectivity index (χ0v) is 7.02. The predicted octanol–water partition coefficient (Wildman–Crippen LogP) is 1.28. The number of methoxy groups -OCH3 is 1. The molecule has 0 aliphatic rings. The van der Waals surface area contributed by atoms with Gasteiger partial charge in [0.15, 0.2) is 0 Å². The number of aldehydes is 1. The van der Waals surface area contributed by atoms with Gasteiger partial charge < -0.3 is 9.15 Å². The Morgan fingerprint density at radius 2 is 2.31 bits per heavy atom. The molecule has 1 heterocycles. The summed E-state index contributed by atoms with van der Waals surface area (Å²) >= 11 is 0. The van der Waals surface area contributed by atoms with E-state index in [4.69, 9.17) is 4.42 Å². The third-order valence-corrected chi connectivity index (χ3v) is 1.35. The van der Waals surface area contributed by atoms with Crippen LogP contribution < -0.4 is 0 Å². The van der Waals surface area contributed by atoms with Crippen LogP contribution in [0.5, 0.6) is 0 Å². The largest absolute Gasteiger partial charge is 0.463 e. The van der Waals surface area contributed by atoms with Gasteiger partial charge in [0, 0.05) is 0 Å². The lowest BCUT2D eigenvalue weighted by molar-refractivity contribution is -0.104. The third-order valence-electron chi connectivity index (χ3n) is 1.35. The monoisotopic (exact) mass is 180 g/mol. The minimum Gasteiger partial charge on any atom is -0.463 e. The van der Waals surface area contributed by atoms with Gasteiger partial charge in [-0.05, 0) is 24.3 Å². The van der Waals surface area contributed by atoms with E-state index in [1.54, 1.807) is 6.07 Å². The average Bonchev–Trinajstić information content (AvgIpc) is 2.62. The molecule has 4 heteroatoms. The summed E-state index contributed by atoms with van der Waals surface area (Å²) in [6.45, 7) is 0. The van der Waals surface area contributed by atoms with E-state index in [0.717, 1.165) is 0 Å². The third kappa shape index (κ3) is 2.30. The maximum atomic E-state index is 10.9. The van der Waals surface area contributed by atoms with Crippen molar-refractivity contribution < 1.29 is 18.7 Å². The van der Waals surface area contributed by atoms with Crippen molar-refractivity contribution >= 4 is 18.3 Å². The molecule has 13 heavy (non-hydrogen) atoms. The molecule has 0 amide bonds. The number of hydrogen-bond donors (Lipinski definition) is 0. The van der Waals surface area contributed by atoms with Crippen LogP contribution in [0.4, 0.5) is 0 Å². The van der Waals surface area contributed by atoms with Crippen molar-refractivity contribution in [2.24, 2.45) is 0 Å². The summed E-state index contributed by atoms with van der Waals surface area (Å²) in [6, 6.07) is 3.06. The average molecular weight is 180 g/mol. The maximum Gasteiger partial charge on any atom is 0.373 e. The quantitative estimate of drug-likeness (QED) is 0.399. The topological polar surface area (TPSA) is 56.5 Å². The summed E-state index contributed by atoms with van der Waals surface area (Å²) in [6.07, 6.45) is 3.36. The molecule has 1 rings (SSSR count). The molecule has 4 nitrogen and oxygen atoms in total. The normalized spacial score (nSPS) is 10.2. The van der Waals surface area contributed by atoms with E-state index < -0.39 is 5.97 Å². The molecule has 1 aromatic rings. The van der Waals surface area contributed by atoms with E-state index in [2.05, 4.69) is 4.74 Å². The Morgan fingerprint density at radius 1 is 1.54 bits per heavy atom. The summed E-state index contributed by atoms with van der Waals surface area (Å²) in [7, 11) is 1.27. The van der Waals surface area contributed by atoms with E-state index in [-0.39, 0.29) is 5.76 Å². The Balaban J connectivity index is 2.80. The van der Waals surface area contributed by atoms with Gasteiger partial charge in [-0.3, -0.25) is 4.79 Å². The Morgan fingerprint density at radius 3 is 2.92 bits per heavy atom. The van der Waals surface area contributed by atoms with Crippen LogP contribution in [0.25, 0.3) is 6.08 Å². The Bertz CT molecular complexity index is 335. The number of carbonyl (C=O) groups excluding carboxylic acids is 2. The van der Waals surface area contributed by atoms with Crippen LogP contribution in [-0.4, -0.2) is 19.4 Å². The van der Waals surface area contributed by atoms with Gasteiger partial charge in [-0.2, -0.15) is 0 Å². The number of ether oxygens (including phenoxy) is 1. The van der Waals surface area contributed by atoms with Gasteiger partial charge >= 0.3 is 5.97 Å². The molecule has 0 aliphatic carbocycles. The zero-order chi connectivity index (χ0) is 9.68. The molecule has 0 N–H and O–H groups in total. The van der Waals surface area contributed by atoms with Crippen LogP contribution in [0.2, 0.25) is 0 Å². The van der Waals surface area contributed by atoms with Crippen LogP contribution in [-0.2, 0) is 9.53 Å². The molecule has 0 aromatic carbocycles. The molecule has 68 valence electrons. The van der Waals surface area contributed by atoms with E-state index in [9.17, 15) is 9.59 Å². The highest BCUT2D eigenvalue weighted by Gasteiger charge is 2.08. The van der Waals surface area contributed by atoms with Gasteiger partial charge in [-0.1, -0.05) is 0 Å². The fourth-order valence-corrected chi connectivity index (χ4v) is 0.787. The standard InChI is InChI=1S/C9H8O4/c1-12-9(11)8-5-4-7(13-8)3-2-6-10/h2-6H,1H3. The van der Waals surface area contributed by atoms with Gasteiger partial charge in [0.25, 0.3) is 0 Å². The fraction of sp³-hybridized carbons (Fsp3) is 0.111. The Hall–Kier alpha value is -1.84. The summed E-state index contributed by atoms with van der Waals surface area (Å²) in [5, 5.41) is 0. The van der Waals surface area contributed by atoms with E-state index in [1.165, 1.54) is 25.3 Å². The number of rotatable bonds is 3. The molecular weight excluding hydrogens is 172 g/mol. The van der Waals surface area contributed by atoms with Crippen molar-refractivity contribution in [3.63, 3.8) is 0 Å². The molecule has 0 spiro atoms. The Kier molecular flexibility index (Phi) is 3.03. The highest BCUT2D eigenvalue weighted by molar-refractivity contribution is 5.86. The van der Waals surface area contributed by atoms with Crippen molar-refractivity contribution in [2.75, 3.05) is 7.11 Å². The lowest BCUT2D eigenvalue weighted by Crippen LogP contribution is -1.98. The molecule has 0 bridgehead atoms. The lowest BCUT2D eigenvalue weighted by Gasteiger charge is -1.91. The Labute approximate surface area is 74.8 Å². The molecule has 0 fully saturated rings. The second-order valence-corrected chi connectivity index (χ2v) is 2.19. The molecule has 0 atom stereocenters. The van der Waals surface area contributed by atoms with Gasteiger partial charge in [-0.25, -0.2) is 4.79 Å². The van der Waals surface area contributed by atoms with Gasteiger partial charge in [-0.15, -0.1) is 0 Å². The number of hydrogen-bond acceptors (Lipinski definition) is 4. The highest BCUT2D eigenvalue weighted by atomic mass is 16.5. The number of carbonyl (C=O) groups is 2. The summed E-state index contributed by atoms with van der Waals surface area (Å²) in [5.74, 6) is 0.0197.